The molecule has 1 aromatic carbocycles. The number of aliphatic imine (C=N–C) groups is 1. The zero-order valence-electron chi connectivity index (χ0n) is 16.4. The molecule has 0 radical (unpaired) electrons. The van der Waals surface area contributed by atoms with E-state index in [0.29, 0.717) is 24.3 Å². The first-order valence-electron chi connectivity index (χ1n) is 9.61. The molecular weight excluding hydrogens is 353 g/mol. The number of halogens is 3. The molecule has 0 saturated carbocycles. The SMILES string of the molecule is CN=C(NCc1ccc(C(F)(F)F)cc1)NCC1CCCN(CC(C)C)C1. The van der Waals surface area contributed by atoms with Crippen molar-refractivity contribution in [2.24, 2.45) is 16.8 Å². The first-order valence-corrected chi connectivity index (χ1v) is 9.61. The monoisotopic (exact) mass is 384 g/mol. The number of hydrogen-bond acceptors (Lipinski definition) is 2. The molecule has 7 heteroatoms. The van der Waals surface area contributed by atoms with Gasteiger partial charge in [-0.25, -0.2) is 0 Å². The molecule has 0 amide bonds. The second-order valence-electron chi connectivity index (χ2n) is 7.66. The van der Waals surface area contributed by atoms with Crippen molar-refractivity contribution in [3.8, 4) is 0 Å². The normalized spacial score (nSPS) is 19.4. The molecule has 1 aliphatic rings. The number of nitrogens with one attached hydrogen (secondary N) is 2. The Bertz CT molecular complexity index is 596. The maximum atomic E-state index is 12.6. The van der Waals surface area contributed by atoms with Gasteiger partial charge in [-0.2, -0.15) is 13.2 Å². The van der Waals surface area contributed by atoms with Gasteiger partial charge in [-0.3, -0.25) is 4.99 Å². The summed E-state index contributed by atoms with van der Waals surface area (Å²) in [7, 11) is 1.70. The van der Waals surface area contributed by atoms with Crippen LogP contribution in [0.2, 0.25) is 0 Å². The molecule has 2 rings (SSSR count). The predicted octanol–water partition coefficient (Wildman–Crippen LogP) is 3.74. The summed E-state index contributed by atoms with van der Waals surface area (Å²) in [6.07, 6.45) is -1.87. The number of hydrogen-bond donors (Lipinski definition) is 2. The quantitative estimate of drug-likeness (QED) is 0.580. The van der Waals surface area contributed by atoms with Gasteiger partial charge >= 0.3 is 6.18 Å². The highest BCUT2D eigenvalue weighted by Gasteiger charge is 2.29. The summed E-state index contributed by atoms with van der Waals surface area (Å²) in [5, 5.41) is 6.52. The molecule has 1 saturated heterocycles. The van der Waals surface area contributed by atoms with Gasteiger partial charge in [0.05, 0.1) is 5.56 Å². The van der Waals surface area contributed by atoms with E-state index in [4.69, 9.17) is 0 Å². The van der Waals surface area contributed by atoms with Crippen molar-refractivity contribution >= 4 is 5.96 Å². The maximum absolute atomic E-state index is 12.6. The number of nitrogens with zero attached hydrogens (tertiary/aromatic N) is 2. The van der Waals surface area contributed by atoms with E-state index in [1.165, 1.54) is 31.5 Å². The van der Waals surface area contributed by atoms with Gasteiger partial charge in [-0.15, -0.1) is 0 Å². The van der Waals surface area contributed by atoms with Crippen LogP contribution >= 0.6 is 0 Å². The van der Waals surface area contributed by atoms with Gasteiger partial charge in [0.15, 0.2) is 5.96 Å². The van der Waals surface area contributed by atoms with Crippen LogP contribution in [0.15, 0.2) is 29.3 Å². The number of alkyl halides is 3. The predicted molar refractivity (Wildman–Crippen MR) is 104 cm³/mol. The highest BCUT2D eigenvalue weighted by Crippen LogP contribution is 2.29. The molecule has 152 valence electrons. The van der Waals surface area contributed by atoms with Crippen molar-refractivity contribution in [3.05, 3.63) is 35.4 Å². The molecule has 1 aliphatic heterocycles. The third kappa shape index (κ3) is 7.40. The van der Waals surface area contributed by atoms with Crippen LogP contribution in [0.3, 0.4) is 0 Å². The lowest BCUT2D eigenvalue weighted by Gasteiger charge is -2.34. The van der Waals surface area contributed by atoms with Crippen LogP contribution in [0, 0.1) is 11.8 Å². The zero-order chi connectivity index (χ0) is 19.9. The summed E-state index contributed by atoms with van der Waals surface area (Å²) in [4.78, 5) is 6.74. The first-order chi connectivity index (χ1) is 12.8. The van der Waals surface area contributed by atoms with E-state index in [0.717, 1.165) is 37.3 Å². The highest BCUT2D eigenvalue weighted by atomic mass is 19.4. The molecule has 2 N–H and O–H groups in total. The minimum Gasteiger partial charge on any atom is -0.356 e. The Morgan fingerprint density at radius 2 is 1.93 bits per heavy atom. The molecule has 0 aliphatic carbocycles. The molecule has 0 spiro atoms. The Balaban J connectivity index is 1.77. The van der Waals surface area contributed by atoms with Gasteiger partial charge in [0.2, 0.25) is 0 Å². The second kappa shape index (κ2) is 9.97. The van der Waals surface area contributed by atoms with Crippen molar-refractivity contribution in [1.82, 2.24) is 15.5 Å². The summed E-state index contributed by atoms with van der Waals surface area (Å²) in [5.41, 5.74) is 0.156. The summed E-state index contributed by atoms with van der Waals surface area (Å²) in [5.74, 6) is 1.94. The number of guanidine groups is 1. The Morgan fingerprint density at radius 3 is 2.52 bits per heavy atom. The standard InChI is InChI=1S/C20H31F3N4/c1-15(2)13-27-10-4-5-17(14-27)12-26-19(24-3)25-11-16-6-8-18(9-7-16)20(21,22)23/h6-9,15,17H,4-5,10-14H2,1-3H3,(H2,24,25,26). The minimum absolute atomic E-state index is 0.432. The lowest BCUT2D eigenvalue weighted by atomic mass is 9.97. The van der Waals surface area contributed by atoms with Crippen LogP contribution in [0.5, 0.6) is 0 Å². The third-order valence-corrected chi connectivity index (χ3v) is 4.75. The topological polar surface area (TPSA) is 39.7 Å². The molecule has 27 heavy (non-hydrogen) atoms. The van der Waals surface area contributed by atoms with Gasteiger partial charge in [0.1, 0.15) is 0 Å². The van der Waals surface area contributed by atoms with Gasteiger partial charge in [-0.05, 0) is 48.9 Å². The first kappa shape index (κ1) is 21.5. The molecule has 1 aromatic rings. The smallest absolute Gasteiger partial charge is 0.356 e. The fraction of sp³-hybridized carbons (Fsp3) is 0.650. The molecule has 1 heterocycles. The van der Waals surface area contributed by atoms with E-state index < -0.39 is 11.7 Å². The zero-order valence-corrected chi connectivity index (χ0v) is 16.4. The molecule has 0 bridgehead atoms. The third-order valence-electron chi connectivity index (χ3n) is 4.75. The average Bonchev–Trinajstić information content (AvgIpc) is 2.61. The fourth-order valence-electron chi connectivity index (χ4n) is 3.46. The summed E-state index contributed by atoms with van der Waals surface area (Å²) in [6.45, 7) is 9.18. The number of benzene rings is 1. The maximum Gasteiger partial charge on any atom is 0.416 e. The number of likely N-dealkylation sites (tertiary alicyclic amines) is 1. The molecule has 0 aromatic heterocycles. The molecule has 1 atom stereocenters. The van der Waals surface area contributed by atoms with E-state index in [-0.39, 0.29) is 0 Å². The lowest BCUT2D eigenvalue weighted by Crippen LogP contribution is -2.44. The van der Waals surface area contributed by atoms with Crippen LogP contribution < -0.4 is 10.6 Å². The Morgan fingerprint density at radius 1 is 1.22 bits per heavy atom. The molecule has 1 fully saturated rings. The van der Waals surface area contributed by atoms with Crippen molar-refractivity contribution in [1.29, 1.82) is 0 Å². The van der Waals surface area contributed by atoms with E-state index in [1.807, 2.05) is 0 Å². The van der Waals surface area contributed by atoms with Crippen LogP contribution in [0.4, 0.5) is 13.2 Å². The van der Waals surface area contributed by atoms with E-state index >= 15 is 0 Å². The molecule has 1 unspecified atom stereocenters. The van der Waals surface area contributed by atoms with Gasteiger partial charge in [0.25, 0.3) is 0 Å². The number of piperidine rings is 1. The molecule has 4 nitrogen and oxygen atoms in total. The summed E-state index contributed by atoms with van der Waals surface area (Å²) in [6, 6.07) is 5.21. The van der Waals surface area contributed by atoms with Crippen LogP contribution in [0.1, 0.15) is 37.8 Å². The van der Waals surface area contributed by atoms with Crippen molar-refractivity contribution in [3.63, 3.8) is 0 Å². The molecular formula is C20H31F3N4. The van der Waals surface area contributed by atoms with Crippen molar-refractivity contribution in [2.75, 3.05) is 33.2 Å². The highest BCUT2D eigenvalue weighted by molar-refractivity contribution is 5.79. The van der Waals surface area contributed by atoms with E-state index in [2.05, 4.69) is 34.4 Å². The minimum atomic E-state index is -4.30. The Labute approximate surface area is 160 Å². The second-order valence-corrected chi connectivity index (χ2v) is 7.66. The lowest BCUT2D eigenvalue weighted by molar-refractivity contribution is -0.137. The van der Waals surface area contributed by atoms with Gasteiger partial charge < -0.3 is 15.5 Å². The van der Waals surface area contributed by atoms with E-state index in [9.17, 15) is 13.2 Å². The Hall–Kier alpha value is -1.76. The van der Waals surface area contributed by atoms with Crippen LogP contribution in [-0.4, -0.2) is 44.1 Å². The largest absolute Gasteiger partial charge is 0.416 e. The summed E-state index contributed by atoms with van der Waals surface area (Å²) < 4.78 is 37.8. The fourth-order valence-corrected chi connectivity index (χ4v) is 3.46. The van der Waals surface area contributed by atoms with Gasteiger partial charge in [0, 0.05) is 33.2 Å². The Kier molecular flexibility index (Phi) is 7.95. The van der Waals surface area contributed by atoms with Gasteiger partial charge in [-0.1, -0.05) is 26.0 Å². The van der Waals surface area contributed by atoms with Crippen molar-refractivity contribution < 1.29 is 13.2 Å². The van der Waals surface area contributed by atoms with Crippen LogP contribution in [-0.2, 0) is 12.7 Å². The summed E-state index contributed by atoms with van der Waals surface area (Å²) >= 11 is 0. The average molecular weight is 384 g/mol. The van der Waals surface area contributed by atoms with Crippen molar-refractivity contribution in [2.45, 2.75) is 39.4 Å². The van der Waals surface area contributed by atoms with Crippen LogP contribution in [0.25, 0.3) is 0 Å². The van der Waals surface area contributed by atoms with E-state index in [1.54, 1.807) is 7.05 Å². The number of rotatable bonds is 6.